The number of nitrogens with one attached hydrogen (secondary N) is 1. The van der Waals surface area contributed by atoms with Crippen LogP contribution in [0.15, 0.2) is 4.99 Å². The lowest BCUT2D eigenvalue weighted by molar-refractivity contribution is 0.486. The summed E-state index contributed by atoms with van der Waals surface area (Å²) >= 11 is 3.37. The SMILES string of the molecule is CC1(C)NC(N)=NC1Br. The van der Waals surface area contributed by atoms with Crippen molar-refractivity contribution in [2.75, 3.05) is 0 Å². The fraction of sp³-hybridized carbons (Fsp3) is 0.800. The summed E-state index contributed by atoms with van der Waals surface area (Å²) in [5, 5.41) is 3.02. The summed E-state index contributed by atoms with van der Waals surface area (Å²) in [7, 11) is 0. The van der Waals surface area contributed by atoms with E-state index in [9.17, 15) is 0 Å². The normalized spacial score (nSPS) is 31.4. The molecule has 1 rings (SSSR count). The molecule has 0 aromatic heterocycles. The summed E-state index contributed by atoms with van der Waals surface area (Å²) in [5.41, 5.74) is 5.37. The second-order valence-corrected chi connectivity index (χ2v) is 3.56. The van der Waals surface area contributed by atoms with Crippen LogP contribution < -0.4 is 11.1 Å². The largest absolute Gasteiger partial charge is 0.370 e. The Bertz CT molecular complexity index is 152. The zero-order valence-electron chi connectivity index (χ0n) is 5.48. The molecule has 3 N–H and O–H groups in total. The molecule has 0 fully saturated rings. The molecule has 1 aliphatic rings. The summed E-state index contributed by atoms with van der Waals surface area (Å²) in [6.07, 6.45) is 0. The number of rotatable bonds is 0. The molecule has 3 nitrogen and oxygen atoms in total. The Morgan fingerprint density at radius 3 is 2.44 bits per heavy atom. The van der Waals surface area contributed by atoms with Crippen molar-refractivity contribution >= 4 is 21.9 Å². The van der Waals surface area contributed by atoms with Gasteiger partial charge in [-0.2, -0.15) is 0 Å². The van der Waals surface area contributed by atoms with E-state index in [0.29, 0.717) is 5.96 Å². The smallest absolute Gasteiger partial charge is 0.190 e. The van der Waals surface area contributed by atoms with Crippen LogP contribution >= 0.6 is 15.9 Å². The van der Waals surface area contributed by atoms with E-state index in [2.05, 4.69) is 26.2 Å². The second-order valence-electron chi connectivity index (χ2n) is 2.70. The minimum absolute atomic E-state index is 0.0376. The Hall–Kier alpha value is -0.250. The molecule has 1 heterocycles. The Morgan fingerprint density at radius 2 is 2.33 bits per heavy atom. The minimum atomic E-state index is -0.0376. The molecule has 0 aromatic rings. The molecule has 0 saturated heterocycles. The van der Waals surface area contributed by atoms with Crippen LogP contribution in [0.3, 0.4) is 0 Å². The first kappa shape index (κ1) is 6.86. The lowest BCUT2D eigenvalue weighted by Crippen LogP contribution is -2.44. The lowest BCUT2D eigenvalue weighted by Gasteiger charge is -2.20. The van der Waals surface area contributed by atoms with Crippen LogP contribution in [0.1, 0.15) is 13.8 Å². The highest BCUT2D eigenvalue weighted by Crippen LogP contribution is 2.22. The van der Waals surface area contributed by atoms with Crippen molar-refractivity contribution in [3.63, 3.8) is 0 Å². The van der Waals surface area contributed by atoms with E-state index in [4.69, 9.17) is 5.73 Å². The number of guanidine groups is 1. The van der Waals surface area contributed by atoms with Gasteiger partial charge in [0.2, 0.25) is 0 Å². The van der Waals surface area contributed by atoms with Gasteiger partial charge in [0.25, 0.3) is 0 Å². The molecule has 0 spiro atoms. The minimum Gasteiger partial charge on any atom is -0.370 e. The molecule has 0 amide bonds. The quantitative estimate of drug-likeness (QED) is 0.431. The van der Waals surface area contributed by atoms with Crippen LogP contribution in [0.25, 0.3) is 0 Å². The van der Waals surface area contributed by atoms with Gasteiger partial charge in [-0.05, 0) is 13.8 Å². The highest BCUT2D eigenvalue weighted by molar-refractivity contribution is 9.09. The molecule has 9 heavy (non-hydrogen) atoms. The molecule has 0 bridgehead atoms. The molecular weight excluding hydrogens is 182 g/mol. The van der Waals surface area contributed by atoms with Gasteiger partial charge in [-0.15, -0.1) is 0 Å². The summed E-state index contributed by atoms with van der Waals surface area (Å²) in [5.74, 6) is 0.516. The number of hydrogen-bond donors (Lipinski definition) is 2. The maximum atomic E-state index is 5.41. The van der Waals surface area contributed by atoms with E-state index in [0.717, 1.165) is 0 Å². The van der Waals surface area contributed by atoms with E-state index in [1.807, 2.05) is 13.8 Å². The number of nitrogens with zero attached hydrogens (tertiary/aromatic N) is 1. The van der Waals surface area contributed by atoms with Crippen LogP contribution in [-0.4, -0.2) is 16.4 Å². The standard InChI is InChI=1S/C5H10BrN3/c1-5(2)3(6)8-4(7)9-5/h3H,1-2H3,(H3,7,8,9). The molecule has 4 heteroatoms. The Kier molecular flexibility index (Phi) is 1.42. The first-order valence-corrected chi connectivity index (χ1v) is 3.69. The molecule has 1 atom stereocenters. The van der Waals surface area contributed by atoms with E-state index >= 15 is 0 Å². The van der Waals surface area contributed by atoms with Gasteiger partial charge < -0.3 is 11.1 Å². The summed E-state index contributed by atoms with van der Waals surface area (Å²) in [4.78, 5) is 4.14. The number of hydrogen-bond acceptors (Lipinski definition) is 3. The maximum Gasteiger partial charge on any atom is 0.190 e. The fourth-order valence-corrected chi connectivity index (χ4v) is 1.04. The van der Waals surface area contributed by atoms with Gasteiger partial charge in [-0.1, -0.05) is 15.9 Å². The molecule has 0 aliphatic carbocycles. The molecule has 0 aromatic carbocycles. The number of nitrogens with two attached hydrogens (primary N) is 1. The third-order valence-electron chi connectivity index (χ3n) is 1.30. The van der Waals surface area contributed by atoms with Gasteiger partial charge in [0.15, 0.2) is 5.96 Å². The van der Waals surface area contributed by atoms with Gasteiger partial charge in [0.05, 0.1) is 5.54 Å². The Balaban J connectivity index is 2.71. The monoisotopic (exact) mass is 191 g/mol. The van der Waals surface area contributed by atoms with E-state index < -0.39 is 0 Å². The van der Waals surface area contributed by atoms with Crippen LogP contribution in [0, 0.1) is 0 Å². The molecule has 1 unspecified atom stereocenters. The molecule has 0 saturated carbocycles. The zero-order valence-corrected chi connectivity index (χ0v) is 7.07. The predicted octanol–water partition coefficient (Wildman–Crippen LogP) is 0.404. The molecule has 0 radical (unpaired) electrons. The average Bonchev–Trinajstić information content (AvgIpc) is 1.79. The maximum absolute atomic E-state index is 5.41. The Labute approximate surface area is 62.8 Å². The Morgan fingerprint density at radius 1 is 1.78 bits per heavy atom. The van der Waals surface area contributed by atoms with Crippen molar-refractivity contribution in [2.24, 2.45) is 10.7 Å². The van der Waals surface area contributed by atoms with Crippen LogP contribution in [0.2, 0.25) is 0 Å². The van der Waals surface area contributed by atoms with E-state index in [1.54, 1.807) is 0 Å². The zero-order chi connectivity index (χ0) is 7.07. The summed E-state index contributed by atoms with van der Waals surface area (Å²) in [6.45, 7) is 4.07. The van der Waals surface area contributed by atoms with E-state index in [-0.39, 0.29) is 10.5 Å². The van der Waals surface area contributed by atoms with Gasteiger partial charge >= 0.3 is 0 Å². The van der Waals surface area contributed by atoms with Gasteiger partial charge in [-0.25, -0.2) is 4.99 Å². The van der Waals surface area contributed by atoms with Crippen LogP contribution in [0.4, 0.5) is 0 Å². The fourth-order valence-electron chi connectivity index (χ4n) is 0.705. The van der Waals surface area contributed by atoms with Crippen molar-refractivity contribution in [1.82, 2.24) is 5.32 Å². The van der Waals surface area contributed by atoms with Crippen molar-refractivity contribution in [3.8, 4) is 0 Å². The first-order chi connectivity index (χ1) is 4.02. The van der Waals surface area contributed by atoms with Gasteiger partial charge in [-0.3, -0.25) is 0 Å². The van der Waals surface area contributed by atoms with Crippen molar-refractivity contribution in [1.29, 1.82) is 0 Å². The molecular formula is C5H10BrN3. The van der Waals surface area contributed by atoms with Crippen molar-refractivity contribution in [3.05, 3.63) is 0 Å². The number of halogens is 1. The highest BCUT2D eigenvalue weighted by atomic mass is 79.9. The van der Waals surface area contributed by atoms with E-state index in [1.165, 1.54) is 0 Å². The molecule has 1 aliphatic heterocycles. The summed E-state index contributed by atoms with van der Waals surface area (Å²) < 4.78 is 0. The topological polar surface area (TPSA) is 50.4 Å². The van der Waals surface area contributed by atoms with Crippen molar-refractivity contribution in [2.45, 2.75) is 24.3 Å². The number of alkyl halides is 1. The predicted molar refractivity (Wildman–Crippen MR) is 41.6 cm³/mol. The second kappa shape index (κ2) is 1.87. The summed E-state index contributed by atoms with van der Waals surface area (Å²) in [6, 6.07) is 0. The van der Waals surface area contributed by atoms with Gasteiger partial charge in [0, 0.05) is 0 Å². The third kappa shape index (κ3) is 1.18. The first-order valence-electron chi connectivity index (χ1n) is 2.78. The van der Waals surface area contributed by atoms with Crippen molar-refractivity contribution < 1.29 is 0 Å². The van der Waals surface area contributed by atoms with Gasteiger partial charge in [0.1, 0.15) is 4.95 Å². The van der Waals surface area contributed by atoms with Crippen LogP contribution in [0.5, 0.6) is 0 Å². The molecule has 52 valence electrons. The van der Waals surface area contributed by atoms with Crippen LogP contribution in [-0.2, 0) is 0 Å². The number of aliphatic imine (C=N–C) groups is 1. The average molecular weight is 192 g/mol. The highest BCUT2D eigenvalue weighted by Gasteiger charge is 2.32. The lowest BCUT2D eigenvalue weighted by atomic mass is 10.1. The third-order valence-corrected chi connectivity index (χ3v) is 2.65.